The Kier molecular flexibility index (Phi) is 6.44. The molecule has 0 unspecified atom stereocenters. The molecule has 2 aromatic carbocycles. The molecule has 0 radical (unpaired) electrons. The first-order valence-electron chi connectivity index (χ1n) is 9.05. The van der Waals surface area contributed by atoms with E-state index in [1.165, 1.54) is 16.7 Å². The van der Waals surface area contributed by atoms with Crippen molar-refractivity contribution in [1.29, 1.82) is 0 Å². The van der Waals surface area contributed by atoms with E-state index in [9.17, 15) is 0 Å². The van der Waals surface area contributed by atoms with Gasteiger partial charge in [-0.1, -0.05) is 29.8 Å². The monoisotopic (exact) mass is 362 g/mol. The normalized spacial score (nSPS) is 10.8. The number of aromatic nitrogens is 1. The molecular formula is C23H26N2O2. The quantitative estimate of drug-likeness (QED) is 0.586. The predicted octanol–water partition coefficient (Wildman–Crippen LogP) is 4.61. The SMILES string of the molecule is COc1ccc(OC)c(CN(Cc2ccncc2)Cc2ccc(C)cc2)c1. The van der Waals surface area contributed by atoms with E-state index in [0.717, 1.165) is 36.7 Å². The molecule has 140 valence electrons. The van der Waals surface area contributed by atoms with E-state index in [4.69, 9.17) is 9.47 Å². The summed E-state index contributed by atoms with van der Waals surface area (Å²) in [6.07, 6.45) is 3.68. The van der Waals surface area contributed by atoms with Crippen LogP contribution in [0.2, 0.25) is 0 Å². The Morgan fingerprint density at radius 1 is 0.778 bits per heavy atom. The summed E-state index contributed by atoms with van der Waals surface area (Å²) < 4.78 is 11.0. The fourth-order valence-corrected chi connectivity index (χ4v) is 3.11. The number of benzene rings is 2. The van der Waals surface area contributed by atoms with Crippen molar-refractivity contribution < 1.29 is 9.47 Å². The second-order valence-corrected chi connectivity index (χ2v) is 6.66. The lowest BCUT2D eigenvalue weighted by Gasteiger charge is -2.24. The Morgan fingerprint density at radius 3 is 2.07 bits per heavy atom. The first kappa shape index (κ1) is 18.9. The number of hydrogen-bond acceptors (Lipinski definition) is 4. The summed E-state index contributed by atoms with van der Waals surface area (Å²) in [4.78, 5) is 6.53. The van der Waals surface area contributed by atoms with Crippen LogP contribution in [-0.2, 0) is 19.6 Å². The highest BCUT2D eigenvalue weighted by Crippen LogP contribution is 2.26. The zero-order chi connectivity index (χ0) is 19.1. The Labute approximate surface area is 161 Å². The van der Waals surface area contributed by atoms with Crippen LogP contribution in [0.15, 0.2) is 67.0 Å². The minimum atomic E-state index is 0.760. The van der Waals surface area contributed by atoms with E-state index in [-0.39, 0.29) is 0 Å². The van der Waals surface area contributed by atoms with Gasteiger partial charge in [-0.3, -0.25) is 9.88 Å². The van der Waals surface area contributed by atoms with Gasteiger partial charge in [0.1, 0.15) is 11.5 Å². The van der Waals surface area contributed by atoms with Crippen LogP contribution in [0.3, 0.4) is 0 Å². The topological polar surface area (TPSA) is 34.6 Å². The molecule has 3 aromatic rings. The number of pyridine rings is 1. The van der Waals surface area contributed by atoms with Crippen LogP contribution in [0, 0.1) is 6.92 Å². The molecule has 0 aliphatic rings. The summed E-state index contributed by atoms with van der Waals surface area (Å²) in [5.74, 6) is 1.71. The van der Waals surface area contributed by atoms with Crippen LogP contribution in [0.4, 0.5) is 0 Å². The van der Waals surface area contributed by atoms with Crippen molar-refractivity contribution in [3.05, 3.63) is 89.2 Å². The van der Waals surface area contributed by atoms with E-state index >= 15 is 0 Å². The van der Waals surface area contributed by atoms with Gasteiger partial charge >= 0.3 is 0 Å². The van der Waals surface area contributed by atoms with Gasteiger partial charge < -0.3 is 9.47 Å². The predicted molar refractivity (Wildman–Crippen MR) is 108 cm³/mol. The second kappa shape index (κ2) is 9.19. The van der Waals surface area contributed by atoms with Gasteiger partial charge in [0.25, 0.3) is 0 Å². The lowest BCUT2D eigenvalue weighted by Crippen LogP contribution is -2.22. The minimum absolute atomic E-state index is 0.760. The van der Waals surface area contributed by atoms with E-state index in [2.05, 4.69) is 53.2 Å². The number of rotatable bonds is 8. The molecule has 1 heterocycles. The number of ether oxygens (including phenoxy) is 2. The summed E-state index contributed by atoms with van der Waals surface area (Å²) in [6.45, 7) is 4.55. The Morgan fingerprint density at radius 2 is 1.44 bits per heavy atom. The van der Waals surface area contributed by atoms with Gasteiger partial charge in [-0.05, 0) is 48.4 Å². The number of hydrogen-bond donors (Lipinski definition) is 0. The molecule has 0 N–H and O–H groups in total. The van der Waals surface area contributed by atoms with Gasteiger partial charge in [0, 0.05) is 37.6 Å². The van der Waals surface area contributed by atoms with Gasteiger partial charge in [-0.25, -0.2) is 0 Å². The molecule has 0 aliphatic heterocycles. The molecule has 0 saturated carbocycles. The zero-order valence-corrected chi connectivity index (χ0v) is 16.2. The fourth-order valence-electron chi connectivity index (χ4n) is 3.11. The molecule has 0 saturated heterocycles. The van der Waals surface area contributed by atoms with Gasteiger partial charge in [0.15, 0.2) is 0 Å². The van der Waals surface area contributed by atoms with Crippen molar-refractivity contribution in [1.82, 2.24) is 9.88 Å². The maximum atomic E-state index is 5.57. The van der Waals surface area contributed by atoms with E-state index in [0.29, 0.717) is 0 Å². The summed E-state index contributed by atoms with van der Waals surface area (Å²) in [5.41, 5.74) is 4.91. The third-order valence-electron chi connectivity index (χ3n) is 4.56. The second-order valence-electron chi connectivity index (χ2n) is 6.66. The van der Waals surface area contributed by atoms with Crippen molar-refractivity contribution in [2.75, 3.05) is 14.2 Å². The first-order chi connectivity index (χ1) is 13.2. The summed E-state index contributed by atoms with van der Waals surface area (Å²) in [7, 11) is 3.39. The van der Waals surface area contributed by atoms with Crippen molar-refractivity contribution in [3.63, 3.8) is 0 Å². The molecule has 0 fully saturated rings. The van der Waals surface area contributed by atoms with Crippen LogP contribution in [0.1, 0.15) is 22.3 Å². The molecule has 0 spiro atoms. The summed E-state index contributed by atoms with van der Waals surface area (Å²) in [5, 5.41) is 0. The van der Waals surface area contributed by atoms with Crippen molar-refractivity contribution in [3.8, 4) is 11.5 Å². The van der Waals surface area contributed by atoms with E-state index in [1.54, 1.807) is 14.2 Å². The summed E-state index contributed by atoms with van der Waals surface area (Å²) in [6, 6.07) is 18.8. The highest BCUT2D eigenvalue weighted by molar-refractivity contribution is 5.40. The van der Waals surface area contributed by atoms with Crippen LogP contribution in [0.5, 0.6) is 11.5 Å². The smallest absolute Gasteiger partial charge is 0.123 e. The Bertz CT molecular complexity index is 848. The highest BCUT2D eigenvalue weighted by atomic mass is 16.5. The number of aryl methyl sites for hydroxylation is 1. The van der Waals surface area contributed by atoms with E-state index in [1.807, 2.05) is 30.6 Å². The van der Waals surface area contributed by atoms with Gasteiger partial charge in [0.2, 0.25) is 0 Å². The van der Waals surface area contributed by atoms with Crippen molar-refractivity contribution in [2.24, 2.45) is 0 Å². The average Bonchev–Trinajstić information content (AvgIpc) is 2.70. The standard InChI is InChI=1S/C23H26N2O2/c1-18-4-6-19(7-5-18)15-25(16-20-10-12-24-13-11-20)17-21-14-22(26-2)8-9-23(21)27-3/h4-14H,15-17H2,1-3H3. The molecule has 27 heavy (non-hydrogen) atoms. The minimum Gasteiger partial charge on any atom is -0.497 e. The Hall–Kier alpha value is -2.85. The maximum Gasteiger partial charge on any atom is 0.123 e. The molecule has 0 amide bonds. The van der Waals surface area contributed by atoms with Crippen LogP contribution < -0.4 is 9.47 Å². The van der Waals surface area contributed by atoms with Gasteiger partial charge in [-0.15, -0.1) is 0 Å². The molecule has 4 nitrogen and oxygen atoms in total. The number of nitrogens with zero attached hydrogens (tertiary/aromatic N) is 2. The molecule has 0 atom stereocenters. The average molecular weight is 362 g/mol. The molecule has 0 aliphatic carbocycles. The third kappa shape index (κ3) is 5.31. The molecular weight excluding hydrogens is 336 g/mol. The lowest BCUT2D eigenvalue weighted by atomic mass is 10.1. The third-order valence-corrected chi connectivity index (χ3v) is 4.56. The van der Waals surface area contributed by atoms with Crippen molar-refractivity contribution in [2.45, 2.75) is 26.6 Å². The first-order valence-corrected chi connectivity index (χ1v) is 9.05. The molecule has 3 rings (SSSR count). The zero-order valence-electron chi connectivity index (χ0n) is 16.2. The summed E-state index contributed by atoms with van der Waals surface area (Å²) >= 11 is 0. The highest BCUT2D eigenvalue weighted by Gasteiger charge is 2.13. The van der Waals surface area contributed by atoms with Gasteiger partial charge in [-0.2, -0.15) is 0 Å². The lowest BCUT2D eigenvalue weighted by molar-refractivity contribution is 0.243. The largest absolute Gasteiger partial charge is 0.497 e. The van der Waals surface area contributed by atoms with Crippen LogP contribution in [0.25, 0.3) is 0 Å². The molecule has 1 aromatic heterocycles. The number of methoxy groups -OCH3 is 2. The van der Waals surface area contributed by atoms with Crippen molar-refractivity contribution >= 4 is 0 Å². The maximum absolute atomic E-state index is 5.57. The Balaban J connectivity index is 1.85. The van der Waals surface area contributed by atoms with E-state index < -0.39 is 0 Å². The van der Waals surface area contributed by atoms with Crippen LogP contribution in [-0.4, -0.2) is 24.1 Å². The van der Waals surface area contributed by atoms with Crippen LogP contribution >= 0.6 is 0 Å². The molecule has 4 heteroatoms. The van der Waals surface area contributed by atoms with Gasteiger partial charge in [0.05, 0.1) is 14.2 Å². The fraction of sp³-hybridized carbons (Fsp3) is 0.261. The molecule has 0 bridgehead atoms.